The fourth-order valence-electron chi connectivity index (χ4n) is 2.76. The largest absolute Gasteiger partial charge is 0.350 e. The number of piperidine rings is 1. The molecule has 104 valence electrons. The van der Waals surface area contributed by atoms with Gasteiger partial charge in [0, 0.05) is 18.6 Å². The van der Waals surface area contributed by atoms with Crippen LogP contribution in [0.2, 0.25) is 0 Å². The molecule has 1 saturated carbocycles. The van der Waals surface area contributed by atoms with Gasteiger partial charge in [0.05, 0.1) is 5.69 Å². The van der Waals surface area contributed by atoms with Crippen molar-refractivity contribution in [1.82, 2.24) is 15.3 Å². The van der Waals surface area contributed by atoms with Gasteiger partial charge in [-0.05, 0) is 39.2 Å². The van der Waals surface area contributed by atoms with Crippen LogP contribution >= 0.6 is 0 Å². The van der Waals surface area contributed by atoms with Gasteiger partial charge in [-0.25, -0.2) is 14.4 Å². The van der Waals surface area contributed by atoms with Gasteiger partial charge in [0.2, 0.25) is 0 Å². The molecule has 1 aromatic rings. The molecule has 1 N–H and O–H groups in total. The predicted molar refractivity (Wildman–Crippen MR) is 72.7 cm³/mol. The summed E-state index contributed by atoms with van der Waals surface area (Å²) in [5.74, 6) is 0.229. The lowest BCUT2D eigenvalue weighted by atomic mass is 10.0. The maximum absolute atomic E-state index is 14.2. The van der Waals surface area contributed by atoms with Crippen LogP contribution in [-0.2, 0) is 0 Å². The van der Waals surface area contributed by atoms with Gasteiger partial charge in [0.1, 0.15) is 6.33 Å². The van der Waals surface area contributed by atoms with E-state index in [0.29, 0.717) is 23.6 Å². The molecule has 4 nitrogen and oxygen atoms in total. The Morgan fingerprint density at radius 1 is 1.32 bits per heavy atom. The standard InChI is InChI=1S/C14H21FN4/c1-10-13(15)14(18-9-17-10)19(12-5-6-12)8-11-4-2-3-7-16-11/h9,11-12,16H,2-8H2,1H3. The molecule has 1 aromatic heterocycles. The smallest absolute Gasteiger partial charge is 0.186 e. The first-order valence-electron chi connectivity index (χ1n) is 7.23. The van der Waals surface area contributed by atoms with E-state index in [9.17, 15) is 4.39 Å². The van der Waals surface area contributed by atoms with Gasteiger partial charge in [-0.2, -0.15) is 0 Å². The van der Waals surface area contributed by atoms with Crippen LogP contribution in [0.1, 0.15) is 37.8 Å². The molecule has 3 rings (SSSR count). The highest BCUT2D eigenvalue weighted by atomic mass is 19.1. The summed E-state index contributed by atoms with van der Waals surface area (Å²) in [7, 11) is 0. The number of hydrogen-bond acceptors (Lipinski definition) is 4. The van der Waals surface area contributed by atoms with Gasteiger partial charge in [-0.15, -0.1) is 0 Å². The first-order chi connectivity index (χ1) is 9.25. The number of aromatic nitrogens is 2. The Morgan fingerprint density at radius 2 is 2.16 bits per heavy atom. The third kappa shape index (κ3) is 2.86. The van der Waals surface area contributed by atoms with Crippen molar-refractivity contribution in [2.45, 2.75) is 51.1 Å². The van der Waals surface area contributed by atoms with Crippen LogP contribution < -0.4 is 10.2 Å². The normalized spacial score (nSPS) is 23.4. The van der Waals surface area contributed by atoms with E-state index in [-0.39, 0.29) is 5.82 Å². The van der Waals surface area contributed by atoms with Crippen LogP contribution in [-0.4, -0.2) is 35.1 Å². The molecule has 0 spiro atoms. The number of nitrogens with zero attached hydrogens (tertiary/aromatic N) is 3. The second-order valence-electron chi connectivity index (χ2n) is 5.63. The highest BCUT2D eigenvalue weighted by Crippen LogP contribution is 2.32. The average molecular weight is 264 g/mol. The van der Waals surface area contributed by atoms with Crippen molar-refractivity contribution in [3.8, 4) is 0 Å². The summed E-state index contributed by atoms with van der Waals surface area (Å²) in [5.41, 5.74) is 0.437. The van der Waals surface area contributed by atoms with E-state index in [1.165, 1.54) is 25.6 Å². The molecule has 1 aliphatic carbocycles. The zero-order valence-corrected chi connectivity index (χ0v) is 11.4. The molecule has 1 unspecified atom stereocenters. The molecular formula is C14H21FN4. The first kappa shape index (κ1) is 12.8. The lowest BCUT2D eigenvalue weighted by Crippen LogP contribution is -2.45. The highest BCUT2D eigenvalue weighted by molar-refractivity contribution is 5.43. The van der Waals surface area contributed by atoms with Gasteiger partial charge in [0.25, 0.3) is 0 Å². The van der Waals surface area contributed by atoms with Crippen molar-refractivity contribution in [2.75, 3.05) is 18.0 Å². The predicted octanol–water partition coefficient (Wildman–Crippen LogP) is 2.04. The lowest BCUT2D eigenvalue weighted by Gasteiger charge is -2.31. The quantitative estimate of drug-likeness (QED) is 0.903. The molecule has 0 bridgehead atoms. The van der Waals surface area contributed by atoms with E-state index in [1.807, 2.05) is 0 Å². The monoisotopic (exact) mass is 264 g/mol. The Hall–Kier alpha value is -1.23. The van der Waals surface area contributed by atoms with E-state index < -0.39 is 0 Å². The zero-order chi connectivity index (χ0) is 13.2. The topological polar surface area (TPSA) is 41.1 Å². The van der Waals surface area contributed by atoms with Crippen LogP contribution in [0, 0.1) is 12.7 Å². The Labute approximate surface area is 113 Å². The second kappa shape index (κ2) is 5.41. The number of aryl methyl sites for hydroxylation is 1. The molecule has 19 heavy (non-hydrogen) atoms. The number of nitrogens with one attached hydrogen (secondary N) is 1. The van der Waals surface area contributed by atoms with Crippen molar-refractivity contribution in [1.29, 1.82) is 0 Å². The minimum absolute atomic E-state index is 0.259. The molecule has 0 aromatic carbocycles. The maximum Gasteiger partial charge on any atom is 0.186 e. The molecule has 2 fully saturated rings. The number of halogens is 1. The Morgan fingerprint density at radius 3 is 2.84 bits per heavy atom. The van der Waals surface area contributed by atoms with E-state index in [0.717, 1.165) is 25.9 Å². The summed E-state index contributed by atoms with van der Waals surface area (Å²) in [6, 6.07) is 0.927. The molecule has 5 heteroatoms. The summed E-state index contributed by atoms with van der Waals surface area (Å²) in [5, 5.41) is 3.53. The van der Waals surface area contributed by atoms with Crippen LogP contribution in [0.4, 0.5) is 10.2 Å². The van der Waals surface area contributed by atoms with E-state index in [4.69, 9.17) is 0 Å². The molecule has 0 radical (unpaired) electrons. The minimum atomic E-state index is -0.259. The molecular weight excluding hydrogens is 243 g/mol. The number of rotatable bonds is 4. The third-order valence-electron chi connectivity index (χ3n) is 4.03. The van der Waals surface area contributed by atoms with Crippen molar-refractivity contribution >= 4 is 5.82 Å². The Bertz CT molecular complexity index is 441. The van der Waals surface area contributed by atoms with E-state index in [2.05, 4.69) is 20.2 Å². The van der Waals surface area contributed by atoms with Gasteiger partial charge in [-0.1, -0.05) is 6.42 Å². The first-order valence-corrected chi connectivity index (χ1v) is 7.23. The van der Waals surface area contributed by atoms with E-state index >= 15 is 0 Å². The van der Waals surface area contributed by atoms with Gasteiger partial charge < -0.3 is 10.2 Å². The summed E-state index contributed by atoms with van der Waals surface area (Å²) < 4.78 is 14.2. The lowest BCUT2D eigenvalue weighted by molar-refractivity contribution is 0.396. The van der Waals surface area contributed by atoms with Crippen molar-refractivity contribution in [2.24, 2.45) is 0 Å². The van der Waals surface area contributed by atoms with Crippen molar-refractivity contribution < 1.29 is 4.39 Å². The molecule has 1 saturated heterocycles. The third-order valence-corrected chi connectivity index (χ3v) is 4.03. The fraction of sp³-hybridized carbons (Fsp3) is 0.714. The molecule has 0 amide bonds. The Balaban J connectivity index is 1.78. The van der Waals surface area contributed by atoms with Crippen LogP contribution in [0.5, 0.6) is 0 Å². The molecule has 2 heterocycles. The van der Waals surface area contributed by atoms with Crippen LogP contribution in [0.25, 0.3) is 0 Å². The summed E-state index contributed by atoms with van der Waals surface area (Å²) in [4.78, 5) is 10.2. The Kier molecular flexibility index (Phi) is 3.64. The zero-order valence-electron chi connectivity index (χ0n) is 11.4. The molecule has 1 atom stereocenters. The van der Waals surface area contributed by atoms with Crippen LogP contribution in [0.3, 0.4) is 0 Å². The van der Waals surface area contributed by atoms with Crippen molar-refractivity contribution in [3.05, 3.63) is 17.8 Å². The van der Waals surface area contributed by atoms with E-state index in [1.54, 1.807) is 6.92 Å². The number of hydrogen-bond donors (Lipinski definition) is 1. The van der Waals surface area contributed by atoms with Gasteiger partial charge in [-0.3, -0.25) is 0 Å². The maximum atomic E-state index is 14.2. The van der Waals surface area contributed by atoms with Crippen molar-refractivity contribution in [3.63, 3.8) is 0 Å². The molecule has 1 aliphatic heterocycles. The highest BCUT2D eigenvalue weighted by Gasteiger charge is 2.33. The second-order valence-corrected chi connectivity index (χ2v) is 5.63. The minimum Gasteiger partial charge on any atom is -0.350 e. The number of anilines is 1. The molecule has 2 aliphatic rings. The van der Waals surface area contributed by atoms with Crippen LogP contribution in [0.15, 0.2) is 6.33 Å². The summed E-state index contributed by atoms with van der Waals surface area (Å²) >= 11 is 0. The van der Waals surface area contributed by atoms with Gasteiger partial charge in [0.15, 0.2) is 11.6 Å². The fourth-order valence-corrected chi connectivity index (χ4v) is 2.76. The summed E-state index contributed by atoms with van der Waals surface area (Å²) in [6.07, 6.45) is 7.46. The average Bonchev–Trinajstić information content (AvgIpc) is 3.25. The summed E-state index contributed by atoms with van der Waals surface area (Å²) in [6.45, 7) is 3.64. The van der Waals surface area contributed by atoms with Gasteiger partial charge >= 0.3 is 0 Å². The SMILES string of the molecule is Cc1ncnc(N(CC2CCCCN2)C2CC2)c1F.